The zero-order valence-corrected chi connectivity index (χ0v) is 17.6. The maximum Gasteiger partial charge on any atom is 0.119 e. The molecular weight excluding hydrogens is 370 g/mol. The number of para-hydroxylation sites is 1. The van der Waals surface area contributed by atoms with E-state index in [4.69, 9.17) is 21.3 Å². The quantitative estimate of drug-likeness (QED) is 0.261. The molecule has 28 heavy (non-hydrogen) atoms. The minimum atomic E-state index is 0.707. The molecule has 0 saturated heterocycles. The largest absolute Gasteiger partial charge is 0.497 e. The fraction of sp³-hybridized carbons (Fsp3) is 0.435. The second kappa shape index (κ2) is 10.5. The number of nitrogens with one attached hydrogen (secondary N) is 1. The number of rotatable bonds is 11. The van der Waals surface area contributed by atoms with Crippen LogP contribution in [0.4, 0.5) is 5.69 Å². The van der Waals surface area contributed by atoms with E-state index in [1.165, 1.54) is 19.3 Å². The Labute approximate surface area is 172 Å². The van der Waals surface area contributed by atoms with Gasteiger partial charge in [0.15, 0.2) is 0 Å². The van der Waals surface area contributed by atoms with Crippen LogP contribution in [0, 0.1) is 0 Å². The molecule has 0 atom stereocenters. The van der Waals surface area contributed by atoms with Crippen molar-refractivity contribution in [2.45, 2.75) is 25.7 Å². The van der Waals surface area contributed by atoms with Crippen molar-refractivity contribution in [3.05, 3.63) is 42.5 Å². The van der Waals surface area contributed by atoms with E-state index in [9.17, 15) is 0 Å². The van der Waals surface area contributed by atoms with Crippen LogP contribution in [0.2, 0.25) is 0 Å². The number of anilines is 1. The first-order chi connectivity index (χ1) is 13.7. The van der Waals surface area contributed by atoms with E-state index in [0.29, 0.717) is 5.88 Å². The second-order valence-corrected chi connectivity index (χ2v) is 7.60. The van der Waals surface area contributed by atoms with Crippen molar-refractivity contribution < 1.29 is 4.74 Å². The predicted molar refractivity (Wildman–Crippen MR) is 121 cm³/mol. The first kappa shape index (κ1) is 20.7. The lowest BCUT2D eigenvalue weighted by Crippen LogP contribution is -2.21. The zero-order chi connectivity index (χ0) is 19.8. The summed E-state index contributed by atoms with van der Waals surface area (Å²) in [6, 6.07) is 14.4. The molecule has 1 aromatic heterocycles. The van der Waals surface area contributed by atoms with Gasteiger partial charge in [0.25, 0.3) is 0 Å². The molecule has 3 rings (SSSR count). The highest BCUT2D eigenvalue weighted by atomic mass is 35.5. The topological polar surface area (TPSA) is 37.4 Å². The van der Waals surface area contributed by atoms with Crippen LogP contribution in [0.3, 0.4) is 0 Å². The molecule has 2 aromatic carbocycles. The van der Waals surface area contributed by atoms with Crippen LogP contribution in [-0.2, 0) is 0 Å². The number of halogens is 1. The Bertz CT molecular complexity index is 900. The lowest BCUT2D eigenvalue weighted by atomic mass is 10.1. The maximum absolute atomic E-state index is 5.78. The van der Waals surface area contributed by atoms with Crippen molar-refractivity contribution in [1.82, 2.24) is 9.88 Å². The summed E-state index contributed by atoms with van der Waals surface area (Å²) in [6.45, 7) is 3.05. The monoisotopic (exact) mass is 399 g/mol. The van der Waals surface area contributed by atoms with Gasteiger partial charge in [-0.3, -0.25) is 0 Å². The molecule has 0 aliphatic heterocycles. The molecule has 0 unspecified atom stereocenters. The van der Waals surface area contributed by atoms with Crippen molar-refractivity contribution in [2.75, 3.05) is 45.0 Å². The summed E-state index contributed by atoms with van der Waals surface area (Å²) < 4.78 is 5.43. The first-order valence-corrected chi connectivity index (χ1v) is 10.6. The minimum Gasteiger partial charge on any atom is -0.497 e. The van der Waals surface area contributed by atoms with Crippen LogP contribution in [0.15, 0.2) is 42.5 Å². The summed E-state index contributed by atoms with van der Waals surface area (Å²) in [5, 5.41) is 5.95. The molecule has 1 N–H and O–H groups in total. The van der Waals surface area contributed by atoms with Gasteiger partial charge in [-0.15, -0.1) is 11.6 Å². The predicted octanol–water partition coefficient (Wildman–Crippen LogP) is 5.54. The molecule has 0 saturated carbocycles. The molecule has 1 heterocycles. The number of aromatic nitrogens is 1. The third-order valence-electron chi connectivity index (χ3n) is 5.12. The lowest BCUT2D eigenvalue weighted by molar-refractivity contribution is 0.343. The summed E-state index contributed by atoms with van der Waals surface area (Å²) in [6.07, 6.45) is 4.86. The summed E-state index contributed by atoms with van der Waals surface area (Å²) in [5.74, 6) is 1.56. The number of ether oxygens (including phenoxy) is 1. The maximum atomic E-state index is 5.78. The van der Waals surface area contributed by atoms with Crippen molar-refractivity contribution in [1.29, 1.82) is 0 Å². The van der Waals surface area contributed by atoms with E-state index in [-0.39, 0.29) is 0 Å². The number of hydrogen-bond acceptors (Lipinski definition) is 4. The molecule has 3 aromatic rings. The number of hydrogen-bond donors (Lipinski definition) is 1. The summed E-state index contributed by atoms with van der Waals surface area (Å²) in [7, 11) is 3.84. The summed E-state index contributed by atoms with van der Waals surface area (Å²) in [4.78, 5) is 7.10. The van der Waals surface area contributed by atoms with Crippen molar-refractivity contribution in [3.8, 4) is 5.75 Å². The minimum absolute atomic E-state index is 0.707. The Kier molecular flexibility index (Phi) is 7.75. The molecule has 5 heteroatoms. The Morgan fingerprint density at radius 1 is 0.964 bits per heavy atom. The van der Waals surface area contributed by atoms with Gasteiger partial charge in [-0.2, -0.15) is 0 Å². The van der Waals surface area contributed by atoms with Crippen molar-refractivity contribution >= 4 is 39.1 Å². The number of nitrogens with zero attached hydrogens (tertiary/aromatic N) is 2. The van der Waals surface area contributed by atoms with Gasteiger partial charge in [-0.25, -0.2) is 4.98 Å². The number of pyridine rings is 1. The number of alkyl halides is 1. The summed E-state index contributed by atoms with van der Waals surface area (Å²) >= 11 is 5.78. The van der Waals surface area contributed by atoms with E-state index in [1.54, 1.807) is 7.11 Å². The highest BCUT2D eigenvalue weighted by Crippen LogP contribution is 2.33. The van der Waals surface area contributed by atoms with Crippen LogP contribution in [0.5, 0.6) is 5.75 Å². The van der Waals surface area contributed by atoms with Crippen LogP contribution < -0.4 is 10.1 Å². The molecule has 150 valence electrons. The van der Waals surface area contributed by atoms with E-state index in [1.807, 2.05) is 18.2 Å². The van der Waals surface area contributed by atoms with Gasteiger partial charge in [0.1, 0.15) is 5.75 Å². The standard InChI is InChI=1S/C23H30ClN3O/c1-27(16-13-24)15-8-4-3-7-14-25-23-19-9-5-6-10-21(19)26-22-12-11-18(28-2)17-20(22)23/h5-6,9-12,17H,3-4,7-8,13-16H2,1-2H3,(H,25,26). The van der Waals surface area contributed by atoms with Gasteiger partial charge >= 0.3 is 0 Å². The molecule has 0 aliphatic rings. The smallest absolute Gasteiger partial charge is 0.119 e. The average molecular weight is 400 g/mol. The van der Waals surface area contributed by atoms with E-state index in [2.05, 4.69) is 41.5 Å². The highest BCUT2D eigenvalue weighted by molar-refractivity contribution is 6.18. The van der Waals surface area contributed by atoms with Crippen LogP contribution in [0.25, 0.3) is 21.8 Å². The van der Waals surface area contributed by atoms with E-state index >= 15 is 0 Å². The highest BCUT2D eigenvalue weighted by Gasteiger charge is 2.09. The van der Waals surface area contributed by atoms with Crippen LogP contribution >= 0.6 is 11.6 Å². The molecule has 0 bridgehead atoms. The first-order valence-electron chi connectivity index (χ1n) is 10.1. The van der Waals surface area contributed by atoms with Crippen molar-refractivity contribution in [3.63, 3.8) is 0 Å². The molecule has 0 aliphatic carbocycles. The van der Waals surface area contributed by atoms with Gasteiger partial charge in [0.05, 0.1) is 23.8 Å². The zero-order valence-electron chi connectivity index (χ0n) is 16.9. The average Bonchev–Trinajstić information content (AvgIpc) is 2.72. The lowest BCUT2D eigenvalue weighted by Gasteiger charge is -2.15. The van der Waals surface area contributed by atoms with E-state index < -0.39 is 0 Å². The summed E-state index contributed by atoms with van der Waals surface area (Å²) in [5.41, 5.74) is 3.16. The number of fused-ring (bicyclic) bond motifs is 2. The molecular formula is C23H30ClN3O. The normalized spacial score (nSPS) is 11.4. The molecule has 0 radical (unpaired) electrons. The van der Waals surface area contributed by atoms with E-state index in [0.717, 1.165) is 59.3 Å². The van der Waals surface area contributed by atoms with Crippen LogP contribution in [-0.4, -0.2) is 49.6 Å². The van der Waals surface area contributed by atoms with Gasteiger partial charge in [-0.05, 0) is 50.7 Å². The second-order valence-electron chi connectivity index (χ2n) is 7.22. The van der Waals surface area contributed by atoms with Gasteiger partial charge in [0, 0.05) is 29.7 Å². The fourth-order valence-corrected chi connectivity index (χ4v) is 3.81. The third kappa shape index (κ3) is 5.27. The number of methoxy groups -OCH3 is 1. The van der Waals surface area contributed by atoms with Crippen molar-refractivity contribution in [2.24, 2.45) is 0 Å². The fourth-order valence-electron chi connectivity index (χ4n) is 3.52. The number of unbranched alkanes of at least 4 members (excludes halogenated alkanes) is 3. The number of benzene rings is 2. The molecule has 4 nitrogen and oxygen atoms in total. The molecule has 0 spiro atoms. The molecule has 0 amide bonds. The Morgan fingerprint density at radius 2 is 1.75 bits per heavy atom. The third-order valence-corrected chi connectivity index (χ3v) is 5.29. The molecule has 0 fully saturated rings. The Balaban J connectivity index is 1.64. The Morgan fingerprint density at radius 3 is 2.57 bits per heavy atom. The Hall–Kier alpha value is -2.04. The van der Waals surface area contributed by atoms with Gasteiger partial charge in [-0.1, -0.05) is 31.0 Å². The van der Waals surface area contributed by atoms with Gasteiger partial charge < -0.3 is 15.0 Å². The SMILES string of the molecule is COc1ccc2nc3ccccc3c(NCCCCCCN(C)CCCl)c2c1. The van der Waals surface area contributed by atoms with Crippen LogP contribution in [0.1, 0.15) is 25.7 Å². The van der Waals surface area contributed by atoms with Gasteiger partial charge in [0.2, 0.25) is 0 Å².